The summed E-state index contributed by atoms with van der Waals surface area (Å²) in [6, 6.07) is 24.2. The number of likely N-dealkylation sites (N-methyl/N-ethyl adjacent to an activating group) is 2. The molecule has 24 heteroatoms. The van der Waals surface area contributed by atoms with E-state index >= 15 is 0 Å². The first-order valence-electron chi connectivity index (χ1n) is 30.1. The third kappa shape index (κ3) is 24.3. The molecule has 5 amide bonds. The zero-order chi connectivity index (χ0) is 59.1. The van der Waals surface area contributed by atoms with Gasteiger partial charge in [-0.15, -0.1) is 11.8 Å². The second-order valence-corrected chi connectivity index (χ2v) is 23.1. The van der Waals surface area contributed by atoms with Crippen molar-refractivity contribution in [1.29, 1.82) is 0 Å². The summed E-state index contributed by atoms with van der Waals surface area (Å²) in [6.07, 6.45) is 5.48. The van der Waals surface area contributed by atoms with Crippen LogP contribution in [-0.4, -0.2) is 242 Å². The zero-order valence-corrected chi connectivity index (χ0v) is 50.9. The third-order valence-electron chi connectivity index (χ3n) is 15.3. The molecule has 5 atom stereocenters. The molecule has 23 nitrogen and oxygen atoms in total. The zero-order valence-electron chi connectivity index (χ0n) is 50.1. The van der Waals surface area contributed by atoms with Gasteiger partial charge in [-0.2, -0.15) is 5.53 Å². The number of ether oxygens (including phenoxy) is 6. The lowest BCUT2D eigenvalue weighted by atomic mass is 10.0. The Hall–Kier alpha value is -5.19. The van der Waals surface area contributed by atoms with Gasteiger partial charge in [-0.25, -0.2) is 25.7 Å². The fraction of sp³-hybridized carbons (Fsp3) is 0.633. The van der Waals surface area contributed by atoms with E-state index in [-0.39, 0.29) is 53.8 Å². The summed E-state index contributed by atoms with van der Waals surface area (Å²) in [4.78, 5) is 61.4. The molecule has 4 aliphatic heterocycles. The largest absolute Gasteiger partial charge is 0.494 e. The molecule has 84 heavy (non-hydrogen) atoms. The average Bonchev–Trinajstić information content (AvgIpc) is 4.46. The van der Waals surface area contributed by atoms with Crippen LogP contribution in [0.5, 0.6) is 11.5 Å². The first-order chi connectivity index (χ1) is 41.0. The Morgan fingerprint density at radius 3 is 2.21 bits per heavy atom. The van der Waals surface area contributed by atoms with Crippen molar-refractivity contribution >= 4 is 41.2 Å². The summed E-state index contributed by atoms with van der Waals surface area (Å²) in [5, 5.41) is 16.4. The number of thioether (sulfide) groups is 1. The maximum absolute atomic E-state index is 14.0. The number of hydrazine groups is 3. The summed E-state index contributed by atoms with van der Waals surface area (Å²) < 4.78 is 34.8. The molecule has 0 bridgehead atoms. The minimum Gasteiger partial charge on any atom is -0.494 e. The predicted molar refractivity (Wildman–Crippen MR) is 326 cm³/mol. The number of urea groups is 1. The van der Waals surface area contributed by atoms with Crippen molar-refractivity contribution in [3.05, 3.63) is 90.0 Å². The van der Waals surface area contributed by atoms with Crippen molar-refractivity contribution in [1.82, 2.24) is 62.0 Å². The number of nitrogens with zero attached hydrogens (tertiary/aromatic N) is 6. The number of amides is 5. The molecule has 466 valence electrons. The highest BCUT2D eigenvalue weighted by atomic mass is 32.2. The summed E-state index contributed by atoms with van der Waals surface area (Å²) in [5.74, 6) is 2.21. The molecule has 0 aromatic heterocycles. The SMILES string of the molecule is COCCCN(C(=O)CCc1ccc(OCCCCN(C)CCOCCOCCC2CN(CCOCCOc3ccc(NC(=O)NC4NC(CC(=O)N5CCN(C)CC5)CS4)cc3)NN2)cc1)C(C(=O)NCc1ccccc1)C1CCN(C)N1. The van der Waals surface area contributed by atoms with Gasteiger partial charge in [-0.05, 0) is 107 Å². The number of rotatable bonds is 38. The molecule has 0 radical (unpaired) electrons. The van der Waals surface area contributed by atoms with Crippen LogP contribution in [0.25, 0.3) is 0 Å². The van der Waals surface area contributed by atoms with Crippen LogP contribution in [0.4, 0.5) is 10.5 Å². The number of anilines is 1. The van der Waals surface area contributed by atoms with Crippen molar-refractivity contribution < 1.29 is 47.6 Å². The van der Waals surface area contributed by atoms with Crippen LogP contribution in [0.2, 0.25) is 0 Å². The molecule has 3 aromatic carbocycles. The van der Waals surface area contributed by atoms with Gasteiger partial charge in [-0.3, -0.25) is 19.7 Å². The Balaban J connectivity index is 0.643. The van der Waals surface area contributed by atoms with Crippen LogP contribution < -0.4 is 47.1 Å². The van der Waals surface area contributed by atoms with Gasteiger partial charge in [0.1, 0.15) is 29.6 Å². The highest BCUT2D eigenvalue weighted by molar-refractivity contribution is 8.00. The summed E-state index contributed by atoms with van der Waals surface area (Å²) in [5.41, 5.74) is 12.4. The molecule has 0 saturated carbocycles. The van der Waals surface area contributed by atoms with Crippen LogP contribution in [0.15, 0.2) is 78.9 Å². The van der Waals surface area contributed by atoms with Crippen LogP contribution in [0.1, 0.15) is 56.1 Å². The topological polar surface area (TPSA) is 227 Å². The number of unbranched alkanes of at least 4 members (excludes halogenated alkanes) is 1. The van der Waals surface area contributed by atoms with Crippen molar-refractivity contribution in [2.45, 2.75) is 87.6 Å². The number of piperazine rings is 1. The quantitative estimate of drug-likeness (QED) is 0.0410. The smallest absolute Gasteiger partial charge is 0.321 e. The van der Waals surface area contributed by atoms with E-state index in [4.69, 9.17) is 28.4 Å². The molecule has 7 N–H and O–H groups in total. The number of hydrogen-bond acceptors (Lipinski definition) is 19. The molecule has 3 aromatic rings. The number of nitrogens with one attached hydrogen (secondary N) is 7. The Morgan fingerprint density at radius 1 is 0.738 bits per heavy atom. The van der Waals surface area contributed by atoms with Gasteiger partial charge in [0.15, 0.2) is 0 Å². The lowest BCUT2D eigenvalue weighted by Gasteiger charge is -2.35. The molecule has 7 rings (SSSR count). The number of carbonyl (C=O) groups excluding carboxylic acids is 4. The number of methoxy groups -OCH3 is 1. The summed E-state index contributed by atoms with van der Waals surface area (Å²) in [7, 11) is 7.80. The Labute approximate surface area is 502 Å². The number of aryl methyl sites for hydroxylation is 1. The summed E-state index contributed by atoms with van der Waals surface area (Å²) in [6.45, 7) is 13.3. The van der Waals surface area contributed by atoms with E-state index in [1.165, 1.54) is 0 Å². The van der Waals surface area contributed by atoms with Gasteiger partial charge in [-0.1, -0.05) is 42.5 Å². The fourth-order valence-corrected chi connectivity index (χ4v) is 11.4. The maximum atomic E-state index is 14.0. The van der Waals surface area contributed by atoms with E-state index in [1.807, 2.05) is 83.7 Å². The van der Waals surface area contributed by atoms with Crippen LogP contribution in [-0.2, 0) is 46.3 Å². The van der Waals surface area contributed by atoms with Gasteiger partial charge in [0.05, 0.1) is 45.7 Å². The standard InChI is InChI=1S/C60H95N13O10S/c1-68(25-8-9-35-82-52-18-13-47(14-19-52)15-22-55(74)73(26-10-34-78-4)57(54-23-27-70(3)66-54)58(76)61-44-48-11-6-5-7-12-48)32-37-80-40-39-79-36-24-50-45-72(67-65-50)33-38-81-41-42-83-53-20-16-49(17-21-53)62-59(77)64-60-63-51(46-84-60)43-56(75)71-30-28-69(2)29-31-71/h5-7,11-14,16-21,50-51,54,57,60,63,65-67H,8-10,15,22-46H2,1-4H3,(H,61,76)(H2,62,64,77). The molecule has 0 aliphatic carbocycles. The molecular formula is C60H95N13O10S. The average molecular weight is 1190 g/mol. The predicted octanol–water partition coefficient (Wildman–Crippen LogP) is 2.96. The maximum Gasteiger partial charge on any atom is 0.321 e. The molecule has 0 spiro atoms. The van der Waals surface area contributed by atoms with Crippen molar-refractivity contribution in [2.75, 3.05) is 164 Å². The first kappa shape index (κ1) is 66.3. The second-order valence-electron chi connectivity index (χ2n) is 22.0. The van der Waals surface area contributed by atoms with Crippen LogP contribution in [0.3, 0.4) is 0 Å². The number of carbonyl (C=O) groups is 4. The van der Waals surface area contributed by atoms with Gasteiger partial charge in [0, 0.05) is 129 Å². The molecule has 4 heterocycles. The van der Waals surface area contributed by atoms with E-state index in [0.717, 1.165) is 107 Å². The fourth-order valence-electron chi connectivity index (χ4n) is 10.3. The van der Waals surface area contributed by atoms with E-state index in [1.54, 1.807) is 35.9 Å². The monoisotopic (exact) mass is 1190 g/mol. The van der Waals surface area contributed by atoms with Crippen molar-refractivity contribution in [2.24, 2.45) is 0 Å². The first-order valence-corrected chi connectivity index (χ1v) is 31.1. The highest BCUT2D eigenvalue weighted by Gasteiger charge is 2.39. The molecule has 4 fully saturated rings. The van der Waals surface area contributed by atoms with E-state index in [9.17, 15) is 19.2 Å². The lowest BCUT2D eigenvalue weighted by molar-refractivity contribution is -0.142. The Kier molecular flexibility index (Phi) is 29.5. The summed E-state index contributed by atoms with van der Waals surface area (Å²) >= 11 is 1.59. The van der Waals surface area contributed by atoms with E-state index < -0.39 is 6.04 Å². The number of hydrogen-bond donors (Lipinski definition) is 7. The van der Waals surface area contributed by atoms with Crippen LogP contribution in [0, 0.1) is 0 Å². The normalized spacial score (nSPS) is 19.8. The molecule has 5 unspecified atom stereocenters. The lowest BCUT2D eigenvalue weighted by Crippen LogP contribution is -2.59. The van der Waals surface area contributed by atoms with Gasteiger partial charge >= 0.3 is 6.03 Å². The molecule has 4 aliphatic rings. The van der Waals surface area contributed by atoms with Crippen molar-refractivity contribution in [3.63, 3.8) is 0 Å². The highest BCUT2D eigenvalue weighted by Crippen LogP contribution is 2.22. The van der Waals surface area contributed by atoms with Gasteiger partial charge < -0.3 is 64.0 Å². The minimum atomic E-state index is -0.650. The second kappa shape index (κ2) is 37.4. The molecular weight excluding hydrogens is 1090 g/mol. The molecule has 4 saturated heterocycles. The number of benzene rings is 3. The van der Waals surface area contributed by atoms with E-state index in [2.05, 4.69) is 66.6 Å². The van der Waals surface area contributed by atoms with Crippen LogP contribution >= 0.6 is 11.8 Å². The third-order valence-corrected chi connectivity index (χ3v) is 16.4. The van der Waals surface area contributed by atoms with Gasteiger partial charge in [0.2, 0.25) is 17.7 Å². The van der Waals surface area contributed by atoms with E-state index in [0.29, 0.717) is 103 Å². The van der Waals surface area contributed by atoms with Crippen molar-refractivity contribution in [3.8, 4) is 11.5 Å². The Bertz CT molecular complexity index is 2360. The Morgan fingerprint density at radius 2 is 1.46 bits per heavy atom. The minimum absolute atomic E-state index is 0.0281. The van der Waals surface area contributed by atoms with Gasteiger partial charge in [0.25, 0.3) is 0 Å².